The number of thiophene rings is 1. The van der Waals surface area contributed by atoms with E-state index in [1.54, 1.807) is 16.0 Å². The molecule has 0 fully saturated rings. The van der Waals surface area contributed by atoms with E-state index in [1.165, 1.54) is 6.33 Å². The molecule has 4 nitrogen and oxygen atoms in total. The average Bonchev–Trinajstić information content (AvgIpc) is 2.88. The summed E-state index contributed by atoms with van der Waals surface area (Å²) in [7, 11) is 0. The third-order valence-electron chi connectivity index (χ3n) is 2.30. The Bertz CT molecular complexity index is 461. The second-order valence-electron chi connectivity index (χ2n) is 3.46. The van der Waals surface area contributed by atoms with Gasteiger partial charge in [-0.05, 0) is 18.4 Å². The molecule has 0 bridgehead atoms. The van der Waals surface area contributed by atoms with Crippen LogP contribution in [-0.2, 0) is 24.2 Å². The number of rotatable bonds is 5. The molecule has 0 amide bonds. The molecule has 0 aliphatic carbocycles. The lowest BCUT2D eigenvalue weighted by Crippen LogP contribution is -2.11. The van der Waals surface area contributed by atoms with Gasteiger partial charge in [-0.25, -0.2) is 9.67 Å². The number of nitrogens with zero attached hydrogens (tertiary/aromatic N) is 3. The molecule has 16 heavy (non-hydrogen) atoms. The molecule has 5 heteroatoms. The fraction of sp³-hybridized carbons (Fsp3) is 0.364. The second-order valence-corrected chi connectivity index (χ2v) is 4.50. The number of carbonyl (C=O) groups is 1. The number of hydrogen-bond acceptors (Lipinski definition) is 4. The van der Waals surface area contributed by atoms with Gasteiger partial charge in [-0.15, -0.1) is 11.3 Å². The van der Waals surface area contributed by atoms with Crippen LogP contribution in [0.15, 0.2) is 23.8 Å². The predicted octanol–water partition coefficient (Wildman–Crippen LogP) is 1.71. The first-order valence-electron chi connectivity index (χ1n) is 5.20. The zero-order valence-corrected chi connectivity index (χ0v) is 9.91. The van der Waals surface area contributed by atoms with Gasteiger partial charge < -0.3 is 0 Å². The van der Waals surface area contributed by atoms with Crippen LogP contribution in [0.5, 0.6) is 0 Å². The molecule has 84 valence electrons. The quantitative estimate of drug-likeness (QED) is 0.792. The fourth-order valence-electron chi connectivity index (χ4n) is 1.54. The minimum absolute atomic E-state index is 0.185. The topological polar surface area (TPSA) is 47.8 Å². The van der Waals surface area contributed by atoms with Crippen molar-refractivity contribution in [2.24, 2.45) is 0 Å². The van der Waals surface area contributed by atoms with Gasteiger partial charge in [-0.3, -0.25) is 4.79 Å². The van der Waals surface area contributed by atoms with Crippen molar-refractivity contribution in [1.29, 1.82) is 0 Å². The lowest BCUT2D eigenvalue weighted by atomic mass is 10.2. The Labute approximate surface area is 97.9 Å². The SMILES string of the molecule is CCn1ncnc1CC(=O)Cc1cccs1. The molecule has 0 saturated carbocycles. The molecule has 0 radical (unpaired) electrons. The molecule has 0 saturated heterocycles. The highest BCUT2D eigenvalue weighted by atomic mass is 32.1. The number of hydrogen-bond donors (Lipinski definition) is 0. The zero-order chi connectivity index (χ0) is 11.4. The third-order valence-corrected chi connectivity index (χ3v) is 3.18. The van der Waals surface area contributed by atoms with E-state index in [1.807, 2.05) is 24.4 Å². The Hall–Kier alpha value is -1.49. The molecule has 0 spiro atoms. The maximum atomic E-state index is 11.8. The highest BCUT2D eigenvalue weighted by Crippen LogP contribution is 2.10. The van der Waals surface area contributed by atoms with E-state index in [4.69, 9.17) is 0 Å². The zero-order valence-electron chi connectivity index (χ0n) is 9.09. The molecule has 0 atom stereocenters. The van der Waals surface area contributed by atoms with Gasteiger partial charge in [0.2, 0.25) is 0 Å². The molecular weight excluding hydrogens is 222 g/mol. The number of aromatic nitrogens is 3. The highest BCUT2D eigenvalue weighted by molar-refractivity contribution is 7.10. The van der Waals surface area contributed by atoms with Crippen LogP contribution in [0, 0.1) is 0 Å². The van der Waals surface area contributed by atoms with Crippen molar-refractivity contribution < 1.29 is 4.79 Å². The number of carbonyl (C=O) groups excluding carboxylic acids is 1. The lowest BCUT2D eigenvalue weighted by Gasteiger charge is -2.01. The van der Waals surface area contributed by atoms with E-state index >= 15 is 0 Å². The normalized spacial score (nSPS) is 10.6. The summed E-state index contributed by atoms with van der Waals surface area (Å²) < 4.78 is 1.76. The van der Waals surface area contributed by atoms with Crippen molar-refractivity contribution in [3.8, 4) is 0 Å². The fourth-order valence-corrected chi connectivity index (χ4v) is 2.27. The molecule has 0 aliphatic heterocycles. The van der Waals surface area contributed by atoms with Crippen LogP contribution in [0.2, 0.25) is 0 Å². The highest BCUT2D eigenvalue weighted by Gasteiger charge is 2.10. The first-order chi connectivity index (χ1) is 7.79. The summed E-state index contributed by atoms with van der Waals surface area (Å²) in [5, 5.41) is 6.02. The van der Waals surface area contributed by atoms with E-state index in [-0.39, 0.29) is 5.78 Å². The Morgan fingerprint density at radius 3 is 3.06 bits per heavy atom. The van der Waals surface area contributed by atoms with Crippen molar-refractivity contribution in [3.05, 3.63) is 34.5 Å². The molecular formula is C11H13N3OS. The summed E-state index contributed by atoms with van der Waals surface area (Å²) in [6, 6.07) is 3.94. The van der Waals surface area contributed by atoms with Crippen LogP contribution >= 0.6 is 11.3 Å². The molecule has 2 heterocycles. The summed E-state index contributed by atoms with van der Waals surface area (Å²) in [6.45, 7) is 2.74. The molecule has 2 aromatic rings. The average molecular weight is 235 g/mol. The summed E-state index contributed by atoms with van der Waals surface area (Å²) in [6.07, 6.45) is 2.36. The van der Waals surface area contributed by atoms with Gasteiger partial charge in [0.05, 0.1) is 6.42 Å². The molecule has 0 N–H and O–H groups in total. The maximum Gasteiger partial charge on any atom is 0.145 e. The molecule has 0 aliphatic rings. The summed E-state index contributed by atoms with van der Waals surface area (Å²) >= 11 is 1.61. The van der Waals surface area contributed by atoms with Gasteiger partial charge in [0, 0.05) is 17.8 Å². The first-order valence-corrected chi connectivity index (χ1v) is 6.08. The Balaban J connectivity index is 1.97. The van der Waals surface area contributed by atoms with Gasteiger partial charge in [-0.2, -0.15) is 5.10 Å². The molecule has 0 aromatic carbocycles. The Morgan fingerprint density at radius 1 is 1.50 bits per heavy atom. The van der Waals surface area contributed by atoms with E-state index in [0.717, 1.165) is 17.2 Å². The second kappa shape index (κ2) is 5.03. The van der Waals surface area contributed by atoms with Crippen molar-refractivity contribution in [2.45, 2.75) is 26.3 Å². The standard InChI is InChI=1S/C11H13N3OS/c1-2-14-11(12-8-13-14)7-9(15)6-10-4-3-5-16-10/h3-5,8H,2,6-7H2,1H3. The summed E-state index contributed by atoms with van der Waals surface area (Å²) in [4.78, 5) is 17.0. The van der Waals surface area contributed by atoms with Crippen LogP contribution < -0.4 is 0 Å². The number of Topliss-reactive ketones (excluding diaryl/α,β-unsaturated/α-hetero) is 1. The van der Waals surface area contributed by atoms with Gasteiger partial charge in [0.1, 0.15) is 17.9 Å². The Morgan fingerprint density at radius 2 is 2.38 bits per heavy atom. The number of ketones is 1. The molecule has 2 aromatic heterocycles. The van der Waals surface area contributed by atoms with Crippen molar-refractivity contribution in [1.82, 2.24) is 14.8 Å². The monoisotopic (exact) mass is 235 g/mol. The van der Waals surface area contributed by atoms with Gasteiger partial charge in [0.15, 0.2) is 0 Å². The minimum atomic E-state index is 0.185. The van der Waals surface area contributed by atoms with Crippen LogP contribution in [-0.4, -0.2) is 20.5 Å². The van der Waals surface area contributed by atoms with Gasteiger partial charge in [-0.1, -0.05) is 6.07 Å². The van der Waals surface area contributed by atoms with E-state index in [2.05, 4.69) is 10.1 Å². The van der Waals surface area contributed by atoms with Crippen molar-refractivity contribution in [3.63, 3.8) is 0 Å². The largest absolute Gasteiger partial charge is 0.299 e. The molecule has 2 rings (SSSR count). The molecule has 0 unspecified atom stereocenters. The summed E-state index contributed by atoms with van der Waals surface area (Å²) in [5.41, 5.74) is 0. The third kappa shape index (κ3) is 2.55. The first kappa shape index (κ1) is 11.0. The van der Waals surface area contributed by atoms with Gasteiger partial charge in [0.25, 0.3) is 0 Å². The van der Waals surface area contributed by atoms with Crippen molar-refractivity contribution >= 4 is 17.1 Å². The predicted molar refractivity (Wildman–Crippen MR) is 62.4 cm³/mol. The van der Waals surface area contributed by atoms with E-state index < -0.39 is 0 Å². The minimum Gasteiger partial charge on any atom is -0.299 e. The van der Waals surface area contributed by atoms with Gasteiger partial charge >= 0.3 is 0 Å². The smallest absolute Gasteiger partial charge is 0.145 e. The van der Waals surface area contributed by atoms with E-state index in [0.29, 0.717) is 12.8 Å². The lowest BCUT2D eigenvalue weighted by molar-refractivity contribution is -0.117. The maximum absolute atomic E-state index is 11.8. The summed E-state index contributed by atoms with van der Waals surface area (Å²) in [5.74, 6) is 0.939. The van der Waals surface area contributed by atoms with Crippen LogP contribution in [0.3, 0.4) is 0 Å². The van der Waals surface area contributed by atoms with Crippen LogP contribution in [0.1, 0.15) is 17.6 Å². The number of aryl methyl sites for hydroxylation is 1. The Kier molecular flexibility index (Phi) is 3.46. The van der Waals surface area contributed by atoms with Crippen molar-refractivity contribution in [2.75, 3.05) is 0 Å². The van der Waals surface area contributed by atoms with E-state index in [9.17, 15) is 4.79 Å². The van der Waals surface area contributed by atoms with Crippen LogP contribution in [0.25, 0.3) is 0 Å². The van der Waals surface area contributed by atoms with Crippen LogP contribution in [0.4, 0.5) is 0 Å².